The number of carbonyl (C=O) groups is 1. The second-order valence-electron chi connectivity index (χ2n) is 7.38. The van der Waals surface area contributed by atoms with Crippen molar-refractivity contribution in [2.45, 2.75) is 64.5 Å². The molecule has 1 amide bonds. The van der Waals surface area contributed by atoms with Gasteiger partial charge in [-0.1, -0.05) is 26.7 Å². The minimum Gasteiger partial charge on any atom is -0.354 e. The standard InChI is InChI=1S/C17H32N4O/c1-12(2)13-6-5-7-15(10-13)20-17(19-14-8-9-14)18-11-16(22)21(3)4/h12-15H,5-11H2,1-4H3,(H2,18,19,20). The van der Waals surface area contributed by atoms with E-state index in [-0.39, 0.29) is 12.5 Å². The Morgan fingerprint density at radius 1 is 1.14 bits per heavy atom. The molecule has 2 saturated carbocycles. The van der Waals surface area contributed by atoms with Crippen LogP contribution in [-0.2, 0) is 4.79 Å². The number of nitrogens with zero attached hydrogens (tertiary/aromatic N) is 2. The van der Waals surface area contributed by atoms with E-state index in [1.807, 2.05) is 0 Å². The minimum absolute atomic E-state index is 0.0422. The molecule has 126 valence electrons. The highest BCUT2D eigenvalue weighted by molar-refractivity contribution is 5.85. The van der Waals surface area contributed by atoms with Crippen molar-refractivity contribution in [2.24, 2.45) is 16.8 Å². The predicted molar refractivity (Wildman–Crippen MR) is 90.9 cm³/mol. The van der Waals surface area contributed by atoms with Crippen LogP contribution >= 0.6 is 0 Å². The Hall–Kier alpha value is -1.26. The second kappa shape index (κ2) is 7.84. The third-order valence-electron chi connectivity index (χ3n) is 4.79. The summed E-state index contributed by atoms with van der Waals surface area (Å²) in [6, 6.07) is 1.03. The minimum atomic E-state index is 0.0422. The predicted octanol–water partition coefficient (Wildman–Crippen LogP) is 1.99. The van der Waals surface area contributed by atoms with Gasteiger partial charge in [0, 0.05) is 26.2 Å². The van der Waals surface area contributed by atoms with Gasteiger partial charge in [-0.3, -0.25) is 4.79 Å². The molecule has 0 aromatic heterocycles. The quantitative estimate of drug-likeness (QED) is 0.603. The van der Waals surface area contributed by atoms with Crippen molar-refractivity contribution < 1.29 is 4.79 Å². The van der Waals surface area contributed by atoms with Gasteiger partial charge in [0.2, 0.25) is 5.91 Å². The number of hydrogen-bond acceptors (Lipinski definition) is 2. The summed E-state index contributed by atoms with van der Waals surface area (Å²) >= 11 is 0. The van der Waals surface area contributed by atoms with E-state index in [4.69, 9.17) is 0 Å². The second-order valence-corrected chi connectivity index (χ2v) is 7.38. The fourth-order valence-electron chi connectivity index (χ4n) is 3.00. The van der Waals surface area contributed by atoms with Gasteiger partial charge in [0.1, 0.15) is 6.54 Å². The van der Waals surface area contributed by atoms with Gasteiger partial charge in [0.15, 0.2) is 5.96 Å². The highest BCUT2D eigenvalue weighted by Crippen LogP contribution is 2.30. The molecule has 2 aliphatic carbocycles. The van der Waals surface area contributed by atoms with Gasteiger partial charge >= 0.3 is 0 Å². The zero-order valence-electron chi connectivity index (χ0n) is 14.6. The van der Waals surface area contributed by atoms with E-state index in [1.54, 1.807) is 19.0 Å². The van der Waals surface area contributed by atoms with Crippen LogP contribution in [0.1, 0.15) is 52.4 Å². The third kappa shape index (κ3) is 5.50. The molecule has 0 heterocycles. The normalized spacial score (nSPS) is 26.0. The summed E-state index contributed by atoms with van der Waals surface area (Å²) in [7, 11) is 3.54. The Kier molecular flexibility index (Phi) is 6.09. The van der Waals surface area contributed by atoms with Gasteiger partial charge in [0.25, 0.3) is 0 Å². The average Bonchev–Trinajstić information content (AvgIpc) is 3.28. The van der Waals surface area contributed by atoms with Gasteiger partial charge in [0.05, 0.1) is 0 Å². The Labute approximate surface area is 134 Å². The number of likely N-dealkylation sites (N-methyl/N-ethyl adjacent to an activating group) is 1. The smallest absolute Gasteiger partial charge is 0.243 e. The number of amides is 1. The highest BCUT2D eigenvalue weighted by atomic mass is 16.2. The van der Waals surface area contributed by atoms with Crippen LogP contribution in [0.4, 0.5) is 0 Å². The van der Waals surface area contributed by atoms with E-state index in [2.05, 4.69) is 29.5 Å². The highest BCUT2D eigenvalue weighted by Gasteiger charge is 2.27. The first kappa shape index (κ1) is 17.1. The van der Waals surface area contributed by atoms with E-state index in [0.29, 0.717) is 12.1 Å². The molecule has 0 saturated heterocycles. The number of hydrogen-bond donors (Lipinski definition) is 2. The van der Waals surface area contributed by atoms with Crippen LogP contribution in [-0.4, -0.2) is 49.5 Å². The van der Waals surface area contributed by atoms with E-state index in [9.17, 15) is 4.79 Å². The maximum atomic E-state index is 11.7. The molecule has 22 heavy (non-hydrogen) atoms. The van der Waals surface area contributed by atoms with Gasteiger partial charge in [-0.05, 0) is 37.5 Å². The summed E-state index contributed by atoms with van der Waals surface area (Å²) in [6.45, 7) is 4.86. The summed E-state index contributed by atoms with van der Waals surface area (Å²) in [6.07, 6.45) is 7.47. The molecule has 5 nitrogen and oxygen atoms in total. The number of carbonyl (C=O) groups excluding carboxylic acids is 1. The van der Waals surface area contributed by atoms with Crippen LogP contribution < -0.4 is 10.6 Å². The van der Waals surface area contributed by atoms with E-state index < -0.39 is 0 Å². The number of rotatable bonds is 5. The van der Waals surface area contributed by atoms with E-state index >= 15 is 0 Å². The number of guanidine groups is 1. The Bertz CT molecular complexity index is 401. The topological polar surface area (TPSA) is 56.7 Å². The molecule has 0 bridgehead atoms. The van der Waals surface area contributed by atoms with Crippen LogP contribution in [0.25, 0.3) is 0 Å². The molecule has 0 radical (unpaired) electrons. The summed E-state index contributed by atoms with van der Waals surface area (Å²) in [5.74, 6) is 2.42. The zero-order chi connectivity index (χ0) is 16.1. The summed E-state index contributed by atoms with van der Waals surface area (Å²) in [5, 5.41) is 7.02. The van der Waals surface area contributed by atoms with Crippen LogP contribution in [0, 0.1) is 11.8 Å². The number of aliphatic imine (C=N–C) groups is 1. The van der Waals surface area contributed by atoms with Crippen molar-refractivity contribution >= 4 is 11.9 Å². The number of nitrogens with one attached hydrogen (secondary N) is 2. The Morgan fingerprint density at radius 3 is 2.41 bits per heavy atom. The van der Waals surface area contributed by atoms with Crippen molar-refractivity contribution in [3.8, 4) is 0 Å². The van der Waals surface area contributed by atoms with Gasteiger partial charge in [-0.25, -0.2) is 4.99 Å². The SMILES string of the molecule is CC(C)C1CCCC(NC(=NCC(=O)N(C)C)NC2CC2)C1. The molecular weight excluding hydrogens is 276 g/mol. The lowest BCUT2D eigenvalue weighted by Gasteiger charge is -2.33. The summed E-state index contributed by atoms with van der Waals surface area (Å²) in [4.78, 5) is 17.8. The van der Waals surface area contributed by atoms with Crippen molar-refractivity contribution in [1.29, 1.82) is 0 Å². The maximum absolute atomic E-state index is 11.7. The van der Waals surface area contributed by atoms with Crippen molar-refractivity contribution in [1.82, 2.24) is 15.5 Å². The molecule has 2 N–H and O–H groups in total. The van der Waals surface area contributed by atoms with Gasteiger partial charge in [-0.15, -0.1) is 0 Å². The van der Waals surface area contributed by atoms with Crippen LogP contribution in [0.15, 0.2) is 4.99 Å². The molecule has 0 aliphatic heterocycles. The largest absolute Gasteiger partial charge is 0.354 e. The first-order valence-corrected chi connectivity index (χ1v) is 8.73. The Morgan fingerprint density at radius 2 is 1.82 bits per heavy atom. The van der Waals surface area contributed by atoms with E-state index in [0.717, 1.165) is 17.8 Å². The molecule has 2 fully saturated rings. The van der Waals surface area contributed by atoms with Crippen molar-refractivity contribution in [3.05, 3.63) is 0 Å². The first-order chi connectivity index (χ1) is 10.5. The van der Waals surface area contributed by atoms with Crippen molar-refractivity contribution in [3.63, 3.8) is 0 Å². The van der Waals surface area contributed by atoms with Gasteiger partial charge < -0.3 is 15.5 Å². The first-order valence-electron chi connectivity index (χ1n) is 8.73. The Balaban J connectivity index is 1.90. The third-order valence-corrected chi connectivity index (χ3v) is 4.79. The van der Waals surface area contributed by atoms with E-state index in [1.165, 1.54) is 38.5 Å². The lowest BCUT2D eigenvalue weighted by molar-refractivity contribution is -0.127. The molecule has 2 aliphatic rings. The van der Waals surface area contributed by atoms with Crippen LogP contribution in [0.5, 0.6) is 0 Å². The molecule has 0 aromatic carbocycles. The molecular formula is C17H32N4O. The zero-order valence-corrected chi connectivity index (χ0v) is 14.6. The van der Waals surface area contributed by atoms with Crippen LogP contribution in [0.2, 0.25) is 0 Å². The molecule has 2 rings (SSSR count). The lowest BCUT2D eigenvalue weighted by Crippen LogP contribution is -2.47. The summed E-state index contributed by atoms with van der Waals surface area (Å²) < 4.78 is 0. The lowest BCUT2D eigenvalue weighted by atomic mass is 9.79. The molecule has 0 aromatic rings. The average molecular weight is 308 g/mol. The molecule has 2 atom stereocenters. The molecule has 2 unspecified atom stereocenters. The molecule has 0 spiro atoms. The molecule has 5 heteroatoms. The van der Waals surface area contributed by atoms with Crippen molar-refractivity contribution in [2.75, 3.05) is 20.6 Å². The van der Waals surface area contributed by atoms with Crippen LogP contribution in [0.3, 0.4) is 0 Å². The van der Waals surface area contributed by atoms with Gasteiger partial charge in [-0.2, -0.15) is 0 Å². The fourth-order valence-corrected chi connectivity index (χ4v) is 3.00. The monoisotopic (exact) mass is 308 g/mol. The summed E-state index contributed by atoms with van der Waals surface area (Å²) in [5.41, 5.74) is 0. The maximum Gasteiger partial charge on any atom is 0.243 e. The fraction of sp³-hybridized carbons (Fsp3) is 0.882.